The summed E-state index contributed by atoms with van der Waals surface area (Å²) in [6.45, 7) is 7.93. The molecule has 26 heavy (non-hydrogen) atoms. The predicted molar refractivity (Wildman–Crippen MR) is 104 cm³/mol. The Morgan fingerprint density at radius 1 is 1.23 bits per heavy atom. The van der Waals surface area contributed by atoms with E-state index in [-0.39, 0.29) is 5.91 Å². The molecule has 1 atom stereocenters. The van der Waals surface area contributed by atoms with Gasteiger partial charge in [0.25, 0.3) is 5.91 Å². The summed E-state index contributed by atoms with van der Waals surface area (Å²) in [5.74, 6) is -0.192. The van der Waals surface area contributed by atoms with E-state index < -0.39 is 17.7 Å². The van der Waals surface area contributed by atoms with Gasteiger partial charge in [0.1, 0.15) is 11.6 Å². The topological polar surface area (TPSA) is 63.6 Å². The number of fused-ring (bicyclic) bond motifs is 1. The largest absolute Gasteiger partial charge is 0.444 e. The molecule has 0 saturated carbocycles. The van der Waals surface area contributed by atoms with Crippen LogP contribution >= 0.6 is 0 Å². The molecule has 0 bridgehead atoms. The van der Waals surface area contributed by atoms with Gasteiger partial charge in [-0.05, 0) is 59.8 Å². The van der Waals surface area contributed by atoms with E-state index >= 15 is 0 Å². The molecule has 1 amide bonds. The van der Waals surface area contributed by atoms with E-state index in [4.69, 9.17) is 4.74 Å². The van der Waals surface area contributed by atoms with Crippen LogP contribution in [0.3, 0.4) is 0 Å². The van der Waals surface area contributed by atoms with Crippen molar-refractivity contribution in [2.24, 2.45) is 0 Å². The van der Waals surface area contributed by atoms with Crippen LogP contribution in [-0.4, -0.2) is 53.8 Å². The fraction of sp³-hybridized carbons (Fsp3) is 0.500. The van der Waals surface area contributed by atoms with Gasteiger partial charge in [-0.15, -0.1) is 0 Å². The van der Waals surface area contributed by atoms with Crippen LogP contribution in [0.4, 0.5) is 4.79 Å². The molecule has 0 aliphatic heterocycles. The minimum atomic E-state index is -0.692. The molecule has 0 saturated heterocycles. The molecule has 0 radical (unpaired) electrons. The monoisotopic (exact) mass is 359 g/mol. The zero-order valence-electron chi connectivity index (χ0n) is 16.5. The fourth-order valence-electron chi connectivity index (χ4n) is 2.73. The summed E-state index contributed by atoms with van der Waals surface area (Å²) in [7, 11) is 4.05. The molecular weight excluding hydrogens is 330 g/mol. The number of nitrogens with zero attached hydrogens (tertiary/aromatic N) is 2. The van der Waals surface area contributed by atoms with Gasteiger partial charge in [-0.1, -0.05) is 18.2 Å². The second-order valence-electron chi connectivity index (χ2n) is 7.80. The van der Waals surface area contributed by atoms with Crippen molar-refractivity contribution >= 4 is 22.9 Å². The standard InChI is InChI=1S/C20H29N3O3/c1-14(21-19(25)26-20(2,3)4)18(24)23-13-15(11-12-22(5)6)16-9-7-8-10-17(16)23/h7-10,13-14H,11-12H2,1-6H3,(H,21,25). The molecule has 2 aromatic rings. The van der Waals surface area contributed by atoms with E-state index in [1.54, 1.807) is 32.3 Å². The van der Waals surface area contributed by atoms with Crippen LogP contribution in [0.15, 0.2) is 30.5 Å². The first kappa shape index (κ1) is 20.0. The van der Waals surface area contributed by atoms with Crippen LogP contribution in [0, 0.1) is 0 Å². The Bertz CT molecular complexity index is 787. The van der Waals surface area contributed by atoms with Crippen molar-refractivity contribution in [1.82, 2.24) is 14.8 Å². The maximum absolute atomic E-state index is 12.9. The Hall–Kier alpha value is -2.34. The first-order chi connectivity index (χ1) is 12.1. The second kappa shape index (κ2) is 7.91. The summed E-state index contributed by atoms with van der Waals surface area (Å²) in [5, 5.41) is 3.68. The summed E-state index contributed by atoms with van der Waals surface area (Å²) in [5.41, 5.74) is 1.36. The molecule has 2 rings (SSSR count). The number of likely N-dealkylation sites (N-methyl/N-ethyl adjacent to an activating group) is 1. The van der Waals surface area contributed by atoms with E-state index in [0.717, 1.165) is 29.4 Å². The third-order valence-corrected chi connectivity index (χ3v) is 3.96. The Balaban J connectivity index is 2.22. The van der Waals surface area contributed by atoms with Crippen molar-refractivity contribution in [3.8, 4) is 0 Å². The lowest BCUT2D eigenvalue weighted by Crippen LogP contribution is -2.43. The Kier molecular flexibility index (Phi) is 6.08. The van der Waals surface area contributed by atoms with Crippen molar-refractivity contribution in [3.05, 3.63) is 36.0 Å². The molecule has 0 aliphatic rings. The van der Waals surface area contributed by atoms with Crippen LogP contribution < -0.4 is 5.32 Å². The number of alkyl carbamates (subject to hydrolysis) is 1. The SMILES string of the molecule is CC(NC(=O)OC(C)(C)C)C(=O)n1cc(CCN(C)C)c2ccccc21. The molecule has 1 N–H and O–H groups in total. The maximum atomic E-state index is 12.9. The highest BCUT2D eigenvalue weighted by Gasteiger charge is 2.23. The summed E-state index contributed by atoms with van der Waals surface area (Å²) < 4.78 is 6.86. The lowest BCUT2D eigenvalue weighted by molar-refractivity contribution is 0.0489. The first-order valence-electron chi connectivity index (χ1n) is 8.86. The minimum absolute atomic E-state index is 0.192. The highest BCUT2D eigenvalue weighted by atomic mass is 16.6. The number of hydrogen-bond donors (Lipinski definition) is 1. The molecule has 0 aliphatic carbocycles. The fourth-order valence-corrected chi connectivity index (χ4v) is 2.73. The molecule has 1 heterocycles. The summed E-state index contributed by atoms with van der Waals surface area (Å²) in [6, 6.07) is 7.14. The number of amides is 1. The Labute approximate surface area is 155 Å². The Morgan fingerprint density at radius 2 is 1.88 bits per heavy atom. The second-order valence-corrected chi connectivity index (χ2v) is 7.80. The van der Waals surface area contributed by atoms with E-state index in [9.17, 15) is 9.59 Å². The van der Waals surface area contributed by atoms with E-state index in [2.05, 4.69) is 10.2 Å². The lowest BCUT2D eigenvalue weighted by atomic mass is 10.1. The normalized spacial score (nSPS) is 13.0. The van der Waals surface area contributed by atoms with Crippen LogP contribution in [-0.2, 0) is 11.2 Å². The van der Waals surface area contributed by atoms with Crippen LogP contribution in [0.25, 0.3) is 10.9 Å². The molecule has 1 aromatic carbocycles. The summed E-state index contributed by atoms with van der Waals surface area (Å²) in [6.07, 6.45) is 2.13. The van der Waals surface area contributed by atoms with Gasteiger partial charge in [-0.3, -0.25) is 9.36 Å². The molecule has 1 aromatic heterocycles. The third kappa shape index (κ3) is 5.08. The minimum Gasteiger partial charge on any atom is -0.444 e. The smallest absolute Gasteiger partial charge is 0.408 e. The number of carbonyl (C=O) groups excluding carboxylic acids is 2. The summed E-state index contributed by atoms with van der Waals surface area (Å²) in [4.78, 5) is 27.0. The zero-order chi connectivity index (χ0) is 19.5. The molecule has 1 unspecified atom stereocenters. The molecular formula is C20H29N3O3. The van der Waals surface area contributed by atoms with Gasteiger partial charge >= 0.3 is 6.09 Å². The average molecular weight is 359 g/mol. The third-order valence-electron chi connectivity index (χ3n) is 3.96. The number of benzene rings is 1. The van der Waals surface area contributed by atoms with E-state index in [1.165, 1.54) is 0 Å². The van der Waals surface area contributed by atoms with Gasteiger partial charge in [-0.25, -0.2) is 4.79 Å². The molecule has 6 nitrogen and oxygen atoms in total. The van der Waals surface area contributed by atoms with Crippen LogP contribution in [0.2, 0.25) is 0 Å². The average Bonchev–Trinajstić information content (AvgIpc) is 2.89. The number of carbonyl (C=O) groups is 2. The van der Waals surface area contributed by atoms with Crippen molar-refractivity contribution in [2.75, 3.05) is 20.6 Å². The molecule has 0 fully saturated rings. The van der Waals surface area contributed by atoms with E-state index in [0.29, 0.717) is 0 Å². The van der Waals surface area contributed by atoms with Crippen molar-refractivity contribution in [2.45, 2.75) is 45.8 Å². The number of hydrogen-bond acceptors (Lipinski definition) is 4. The molecule has 6 heteroatoms. The van der Waals surface area contributed by atoms with Crippen molar-refractivity contribution < 1.29 is 14.3 Å². The van der Waals surface area contributed by atoms with Gasteiger partial charge in [0.15, 0.2) is 0 Å². The highest BCUT2D eigenvalue weighted by molar-refractivity contribution is 5.97. The lowest BCUT2D eigenvalue weighted by Gasteiger charge is -2.21. The highest BCUT2D eigenvalue weighted by Crippen LogP contribution is 2.22. The molecule has 142 valence electrons. The van der Waals surface area contributed by atoms with Gasteiger partial charge in [0, 0.05) is 18.1 Å². The number of para-hydroxylation sites is 1. The van der Waals surface area contributed by atoms with Crippen molar-refractivity contribution in [3.63, 3.8) is 0 Å². The van der Waals surface area contributed by atoms with Gasteiger partial charge in [0.2, 0.25) is 0 Å². The van der Waals surface area contributed by atoms with Gasteiger partial charge in [-0.2, -0.15) is 0 Å². The molecule has 0 spiro atoms. The first-order valence-corrected chi connectivity index (χ1v) is 8.86. The number of rotatable bonds is 5. The summed E-state index contributed by atoms with van der Waals surface area (Å²) >= 11 is 0. The number of ether oxygens (including phenoxy) is 1. The van der Waals surface area contributed by atoms with Gasteiger partial charge in [0.05, 0.1) is 5.52 Å². The Morgan fingerprint density at radius 3 is 2.50 bits per heavy atom. The predicted octanol–water partition coefficient (Wildman–Crippen LogP) is 3.30. The van der Waals surface area contributed by atoms with E-state index in [1.807, 2.05) is 44.6 Å². The van der Waals surface area contributed by atoms with Gasteiger partial charge < -0.3 is 15.0 Å². The van der Waals surface area contributed by atoms with Crippen LogP contribution in [0.5, 0.6) is 0 Å². The number of aromatic nitrogens is 1. The quantitative estimate of drug-likeness (QED) is 0.890. The zero-order valence-corrected chi connectivity index (χ0v) is 16.5. The van der Waals surface area contributed by atoms with Crippen LogP contribution in [0.1, 0.15) is 38.1 Å². The van der Waals surface area contributed by atoms with Crippen molar-refractivity contribution in [1.29, 1.82) is 0 Å². The number of nitrogens with one attached hydrogen (secondary N) is 1. The maximum Gasteiger partial charge on any atom is 0.408 e.